The van der Waals surface area contributed by atoms with Gasteiger partial charge >= 0.3 is 5.97 Å². The number of ether oxygens (including phenoxy) is 2. The molecule has 3 rings (SSSR count). The molecule has 0 aliphatic carbocycles. The van der Waals surface area contributed by atoms with Crippen molar-refractivity contribution in [2.45, 2.75) is 69.0 Å². The topological polar surface area (TPSA) is 84.9 Å². The van der Waals surface area contributed by atoms with Gasteiger partial charge in [-0.1, -0.05) is 0 Å². The number of rotatable bonds is 4. The molecule has 0 aromatic rings. The number of nitrogens with one attached hydrogen (secondary N) is 1. The zero-order chi connectivity index (χ0) is 16.1. The van der Waals surface area contributed by atoms with Gasteiger partial charge in [-0.15, -0.1) is 11.6 Å². The van der Waals surface area contributed by atoms with Gasteiger partial charge in [0.15, 0.2) is 5.60 Å². The zero-order valence-corrected chi connectivity index (χ0v) is 13.6. The van der Waals surface area contributed by atoms with Crippen LogP contribution in [0.25, 0.3) is 0 Å². The Morgan fingerprint density at radius 3 is 2.77 bits per heavy atom. The van der Waals surface area contributed by atoms with E-state index in [1.807, 2.05) is 6.92 Å². The zero-order valence-electron chi connectivity index (χ0n) is 12.8. The Morgan fingerprint density at radius 2 is 2.18 bits per heavy atom. The molecule has 0 aromatic heterocycles. The number of fused-ring (bicyclic) bond motifs is 1. The van der Waals surface area contributed by atoms with Crippen LogP contribution >= 0.6 is 11.6 Å². The monoisotopic (exact) mass is 331 g/mol. The lowest BCUT2D eigenvalue weighted by Gasteiger charge is -2.54. The highest BCUT2D eigenvalue weighted by Crippen LogP contribution is 2.52. The van der Waals surface area contributed by atoms with Crippen molar-refractivity contribution in [1.82, 2.24) is 5.32 Å². The predicted octanol–water partition coefficient (Wildman–Crippen LogP) is 0.734. The quantitative estimate of drug-likeness (QED) is 0.586. The normalized spacial score (nSPS) is 45.5. The Hall–Kier alpha value is -0.850. The number of aliphatic hydroxyl groups is 1. The van der Waals surface area contributed by atoms with Crippen molar-refractivity contribution in [3.05, 3.63) is 0 Å². The van der Waals surface area contributed by atoms with Gasteiger partial charge in [0.2, 0.25) is 11.4 Å². The molecule has 0 bridgehead atoms. The van der Waals surface area contributed by atoms with E-state index in [0.29, 0.717) is 12.8 Å². The number of esters is 1. The number of amides is 1. The van der Waals surface area contributed by atoms with Crippen LogP contribution in [0.2, 0.25) is 0 Å². The first kappa shape index (κ1) is 16.0. The summed E-state index contributed by atoms with van der Waals surface area (Å²) in [4.78, 5) is 24.5. The Bertz CT molecular complexity index is 500. The average Bonchev–Trinajstić information content (AvgIpc) is 2.65. The molecule has 0 spiro atoms. The van der Waals surface area contributed by atoms with Crippen LogP contribution < -0.4 is 5.32 Å². The van der Waals surface area contributed by atoms with Gasteiger partial charge in [0, 0.05) is 5.88 Å². The van der Waals surface area contributed by atoms with Gasteiger partial charge in [-0.3, -0.25) is 4.79 Å². The Morgan fingerprint density at radius 1 is 1.45 bits per heavy atom. The van der Waals surface area contributed by atoms with Crippen LogP contribution in [0.1, 0.15) is 39.5 Å². The number of carbonyl (C=O) groups is 2. The summed E-state index contributed by atoms with van der Waals surface area (Å²) >= 11 is 5.77. The van der Waals surface area contributed by atoms with E-state index in [9.17, 15) is 14.7 Å². The summed E-state index contributed by atoms with van der Waals surface area (Å²) < 4.78 is 11.1. The van der Waals surface area contributed by atoms with E-state index in [-0.39, 0.29) is 17.9 Å². The molecule has 0 aromatic carbocycles. The summed E-state index contributed by atoms with van der Waals surface area (Å²) in [5.74, 6) is -1.14. The third-order valence-electron chi connectivity index (χ3n) is 5.41. The summed E-state index contributed by atoms with van der Waals surface area (Å²) in [6, 6.07) is 0. The van der Waals surface area contributed by atoms with Crippen molar-refractivity contribution in [3.63, 3.8) is 0 Å². The maximum Gasteiger partial charge on any atom is 0.339 e. The molecular formula is C15H22ClNO5. The van der Waals surface area contributed by atoms with Gasteiger partial charge in [-0.25, -0.2) is 4.79 Å². The maximum atomic E-state index is 12.3. The predicted molar refractivity (Wildman–Crippen MR) is 78.4 cm³/mol. The first-order chi connectivity index (χ1) is 10.4. The lowest BCUT2D eigenvalue weighted by Crippen LogP contribution is -2.81. The van der Waals surface area contributed by atoms with Crippen LogP contribution in [-0.2, 0) is 19.1 Å². The highest BCUT2D eigenvalue weighted by atomic mass is 35.5. The van der Waals surface area contributed by atoms with Crippen molar-refractivity contribution < 1.29 is 24.2 Å². The molecule has 6 nitrogen and oxygen atoms in total. The van der Waals surface area contributed by atoms with E-state index >= 15 is 0 Å². The molecule has 3 heterocycles. The third kappa shape index (κ3) is 1.93. The van der Waals surface area contributed by atoms with Gasteiger partial charge < -0.3 is 19.9 Å². The van der Waals surface area contributed by atoms with Crippen molar-refractivity contribution in [1.29, 1.82) is 0 Å². The second-order valence-electron chi connectivity index (χ2n) is 6.68. The number of alkyl halides is 1. The minimum absolute atomic E-state index is 0.0305. The van der Waals surface area contributed by atoms with Gasteiger partial charge in [0.1, 0.15) is 6.10 Å². The second kappa shape index (κ2) is 5.35. The molecule has 7 heteroatoms. The summed E-state index contributed by atoms with van der Waals surface area (Å²) in [5.41, 5.74) is -2.48. The van der Waals surface area contributed by atoms with Crippen LogP contribution in [-0.4, -0.2) is 52.3 Å². The Kier molecular flexibility index (Phi) is 3.90. The molecular weight excluding hydrogens is 310 g/mol. The van der Waals surface area contributed by atoms with E-state index in [4.69, 9.17) is 21.1 Å². The lowest BCUT2D eigenvalue weighted by atomic mass is 9.66. The Balaban J connectivity index is 1.89. The first-order valence-corrected chi connectivity index (χ1v) is 8.35. The molecule has 124 valence electrons. The van der Waals surface area contributed by atoms with Crippen LogP contribution in [0.15, 0.2) is 0 Å². The molecule has 0 saturated carbocycles. The standard InChI is InChI=1S/C15H22ClNO5/c1-8-4-3-5-10(21-8)11(18)15-13(20)22-14(15,2)9(6-7-16)12(19)17-15/h8-11,18H,3-7H2,1-2H3,(H,17,19)/t8-,9-,10+,11-,14-,15-/m0/s1. The van der Waals surface area contributed by atoms with Crippen LogP contribution in [0.5, 0.6) is 0 Å². The van der Waals surface area contributed by atoms with Gasteiger partial charge in [-0.05, 0) is 39.5 Å². The largest absolute Gasteiger partial charge is 0.453 e. The fourth-order valence-electron chi connectivity index (χ4n) is 4.12. The minimum Gasteiger partial charge on any atom is -0.453 e. The minimum atomic E-state index is -1.41. The van der Waals surface area contributed by atoms with Crippen LogP contribution in [0.3, 0.4) is 0 Å². The number of aliphatic hydroxyl groups excluding tert-OH is 1. The van der Waals surface area contributed by atoms with E-state index in [2.05, 4.69) is 5.32 Å². The molecule has 22 heavy (non-hydrogen) atoms. The molecule has 0 unspecified atom stereocenters. The van der Waals surface area contributed by atoms with E-state index in [1.165, 1.54) is 0 Å². The smallest absolute Gasteiger partial charge is 0.339 e. The molecule has 6 atom stereocenters. The van der Waals surface area contributed by atoms with Crippen molar-refractivity contribution >= 4 is 23.5 Å². The highest BCUT2D eigenvalue weighted by Gasteiger charge is 2.79. The molecule has 3 fully saturated rings. The SMILES string of the molecule is C[C@H]1CCC[C@H]([C@H](O)[C@@]23NC(=O)[C@H](CCCl)[C@]2(C)OC3=O)O1. The van der Waals surface area contributed by atoms with Crippen molar-refractivity contribution in [2.75, 3.05) is 5.88 Å². The average molecular weight is 332 g/mol. The van der Waals surface area contributed by atoms with E-state index in [0.717, 1.165) is 12.8 Å². The molecule has 2 N–H and O–H groups in total. The third-order valence-corrected chi connectivity index (χ3v) is 5.63. The molecule has 3 aliphatic heterocycles. The van der Waals surface area contributed by atoms with Crippen molar-refractivity contribution in [3.8, 4) is 0 Å². The second-order valence-corrected chi connectivity index (χ2v) is 7.06. The van der Waals surface area contributed by atoms with Gasteiger partial charge in [0.25, 0.3) is 0 Å². The molecule has 3 aliphatic rings. The summed E-state index contributed by atoms with van der Waals surface area (Å²) in [5, 5.41) is 13.5. The summed E-state index contributed by atoms with van der Waals surface area (Å²) in [6.07, 6.45) is 1.34. The van der Waals surface area contributed by atoms with Gasteiger partial charge in [0.05, 0.1) is 18.1 Å². The number of halogens is 1. The van der Waals surface area contributed by atoms with E-state index in [1.54, 1.807) is 6.92 Å². The number of hydrogen-bond acceptors (Lipinski definition) is 5. The fraction of sp³-hybridized carbons (Fsp3) is 0.867. The number of carbonyl (C=O) groups excluding carboxylic acids is 2. The number of hydrogen-bond donors (Lipinski definition) is 2. The first-order valence-electron chi connectivity index (χ1n) is 7.81. The molecule has 0 radical (unpaired) electrons. The van der Waals surface area contributed by atoms with Crippen LogP contribution in [0, 0.1) is 5.92 Å². The highest BCUT2D eigenvalue weighted by molar-refractivity contribution is 6.18. The molecule has 3 saturated heterocycles. The van der Waals surface area contributed by atoms with E-state index < -0.39 is 35.2 Å². The summed E-state index contributed by atoms with van der Waals surface area (Å²) in [6.45, 7) is 3.64. The molecule has 1 amide bonds. The van der Waals surface area contributed by atoms with Gasteiger partial charge in [-0.2, -0.15) is 0 Å². The van der Waals surface area contributed by atoms with Crippen molar-refractivity contribution in [2.24, 2.45) is 5.92 Å². The maximum absolute atomic E-state index is 12.3. The van der Waals surface area contributed by atoms with Crippen LogP contribution in [0.4, 0.5) is 0 Å². The summed E-state index contributed by atoms with van der Waals surface area (Å²) in [7, 11) is 0. The lowest BCUT2D eigenvalue weighted by molar-refractivity contribution is -0.249. The Labute approximate surface area is 134 Å². The fourth-order valence-corrected chi connectivity index (χ4v) is 4.34.